The Labute approximate surface area is 215 Å². The number of nitrogens with zero attached hydrogens (tertiary/aromatic N) is 4. The number of carbonyl (C=O) groups excluding carboxylic acids is 3. The third-order valence-electron chi connectivity index (χ3n) is 4.37. The van der Waals surface area contributed by atoms with Gasteiger partial charge in [-0.05, 0) is 114 Å². The summed E-state index contributed by atoms with van der Waals surface area (Å²) < 4.78 is 11.1. The zero-order valence-corrected chi connectivity index (χ0v) is 24.0. The normalized spacial score (nSPS) is 12.2. The van der Waals surface area contributed by atoms with E-state index in [1.165, 1.54) is 4.90 Å². The topological polar surface area (TPSA) is 102 Å². The van der Waals surface area contributed by atoms with Crippen LogP contribution in [0.2, 0.25) is 0 Å². The Bertz CT molecular complexity index is 926. The highest BCUT2D eigenvalue weighted by Gasteiger charge is 2.34. The number of rotatable bonds is 6. The first-order valence-corrected chi connectivity index (χ1v) is 12.1. The SMILES string of the molecule is Cc1cc(N(CCCN(C)C)C(=O)OC(C)(C)C)nc(N(OC(=O)C(C)(C)C)C(=O)OC(C)(C)C)c1. The molecule has 0 aliphatic heterocycles. The molecule has 1 aromatic heterocycles. The number of amides is 2. The fourth-order valence-corrected chi connectivity index (χ4v) is 2.74. The maximum absolute atomic E-state index is 13.1. The highest BCUT2D eigenvalue weighted by atomic mass is 16.8. The van der Waals surface area contributed by atoms with Crippen molar-refractivity contribution in [3.05, 3.63) is 17.7 Å². The maximum atomic E-state index is 13.1. The van der Waals surface area contributed by atoms with Crippen molar-refractivity contribution in [2.75, 3.05) is 37.1 Å². The van der Waals surface area contributed by atoms with Gasteiger partial charge in [0.15, 0.2) is 5.82 Å². The molecule has 10 nitrogen and oxygen atoms in total. The van der Waals surface area contributed by atoms with E-state index in [1.54, 1.807) is 81.4 Å². The lowest BCUT2D eigenvalue weighted by molar-refractivity contribution is -0.154. The summed E-state index contributed by atoms with van der Waals surface area (Å²) in [6.07, 6.45) is -0.812. The Morgan fingerprint density at radius 1 is 0.806 bits per heavy atom. The fraction of sp³-hybridized carbons (Fsp3) is 0.692. The lowest BCUT2D eigenvalue weighted by Crippen LogP contribution is -2.42. The van der Waals surface area contributed by atoms with Gasteiger partial charge in [-0.15, -0.1) is 0 Å². The molecule has 0 aromatic carbocycles. The van der Waals surface area contributed by atoms with Crippen molar-refractivity contribution in [3.63, 3.8) is 0 Å². The van der Waals surface area contributed by atoms with Crippen LogP contribution in [0.4, 0.5) is 21.2 Å². The van der Waals surface area contributed by atoms with E-state index in [2.05, 4.69) is 4.98 Å². The summed E-state index contributed by atoms with van der Waals surface area (Å²) in [4.78, 5) is 52.3. The molecule has 1 rings (SSSR count). The first kappa shape index (κ1) is 31.2. The van der Waals surface area contributed by atoms with E-state index in [0.717, 1.165) is 11.6 Å². The van der Waals surface area contributed by atoms with Crippen LogP contribution in [0.5, 0.6) is 0 Å². The predicted molar refractivity (Wildman–Crippen MR) is 140 cm³/mol. The second kappa shape index (κ2) is 11.9. The molecule has 0 atom stereocenters. The number of aryl methyl sites for hydroxylation is 1. The van der Waals surface area contributed by atoms with Crippen LogP contribution in [-0.2, 0) is 19.1 Å². The molecule has 1 heterocycles. The van der Waals surface area contributed by atoms with Crippen molar-refractivity contribution in [2.45, 2.75) is 86.9 Å². The van der Waals surface area contributed by atoms with Crippen molar-refractivity contribution in [2.24, 2.45) is 5.41 Å². The van der Waals surface area contributed by atoms with Crippen LogP contribution in [0.3, 0.4) is 0 Å². The maximum Gasteiger partial charge on any atom is 0.450 e. The fourth-order valence-electron chi connectivity index (χ4n) is 2.74. The summed E-state index contributed by atoms with van der Waals surface area (Å²) in [7, 11) is 3.90. The molecule has 0 bridgehead atoms. The molecule has 0 spiro atoms. The molecule has 1 aromatic rings. The number of hydrogen-bond donors (Lipinski definition) is 0. The molecule has 10 heteroatoms. The van der Waals surface area contributed by atoms with Gasteiger partial charge in [-0.25, -0.2) is 19.4 Å². The van der Waals surface area contributed by atoms with Gasteiger partial charge in [-0.3, -0.25) is 4.90 Å². The van der Waals surface area contributed by atoms with Crippen LogP contribution in [0.15, 0.2) is 12.1 Å². The van der Waals surface area contributed by atoms with E-state index >= 15 is 0 Å². The summed E-state index contributed by atoms with van der Waals surface area (Å²) in [5, 5.41) is 0.739. The summed E-state index contributed by atoms with van der Waals surface area (Å²) in [5.41, 5.74) is -1.75. The van der Waals surface area contributed by atoms with Crippen LogP contribution < -0.4 is 9.96 Å². The average molecular weight is 509 g/mol. The minimum atomic E-state index is -0.902. The van der Waals surface area contributed by atoms with Crippen molar-refractivity contribution < 1.29 is 28.7 Å². The first-order valence-electron chi connectivity index (χ1n) is 12.1. The number of anilines is 2. The number of hydroxylamine groups is 1. The molecule has 0 unspecified atom stereocenters. The third kappa shape index (κ3) is 10.8. The number of hydrogen-bond acceptors (Lipinski definition) is 8. The molecule has 0 aliphatic carbocycles. The van der Waals surface area contributed by atoms with E-state index in [0.29, 0.717) is 18.5 Å². The Morgan fingerprint density at radius 2 is 1.31 bits per heavy atom. The van der Waals surface area contributed by atoms with Gasteiger partial charge in [0.05, 0.1) is 5.41 Å². The smallest absolute Gasteiger partial charge is 0.443 e. The van der Waals surface area contributed by atoms with Gasteiger partial charge >= 0.3 is 18.2 Å². The monoisotopic (exact) mass is 508 g/mol. The highest BCUT2D eigenvalue weighted by Crippen LogP contribution is 2.26. The molecule has 0 saturated carbocycles. The molecule has 2 amide bonds. The van der Waals surface area contributed by atoms with Crippen molar-refractivity contribution in [3.8, 4) is 0 Å². The number of carbonyl (C=O) groups is 3. The van der Waals surface area contributed by atoms with E-state index in [9.17, 15) is 14.4 Å². The quantitative estimate of drug-likeness (QED) is 0.475. The van der Waals surface area contributed by atoms with E-state index < -0.39 is 34.8 Å². The first-order chi connectivity index (χ1) is 16.2. The summed E-state index contributed by atoms with van der Waals surface area (Å²) in [5.74, 6) is -0.371. The number of pyridine rings is 1. The van der Waals surface area contributed by atoms with Crippen molar-refractivity contribution in [1.82, 2.24) is 9.88 Å². The lowest BCUT2D eigenvalue weighted by atomic mass is 9.98. The van der Waals surface area contributed by atoms with Crippen molar-refractivity contribution >= 4 is 29.8 Å². The molecule has 0 aliphatic rings. The third-order valence-corrected chi connectivity index (χ3v) is 4.37. The molecule has 0 fully saturated rings. The standard InChI is InChI=1S/C26H44N4O6/c1-18-16-19(29(15-13-14-28(11)12)22(32)34-25(5,6)7)27-20(17-18)30(23(33)35-26(8,9)10)36-21(31)24(2,3)4/h16-17H,13-15H2,1-12H3. The molecule has 36 heavy (non-hydrogen) atoms. The highest BCUT2D eigenvalue weighted by molar-refractivity contribution is 5.90. The van der Waals surface area contributed by atoms with Crippen LogP contribution >= 0.6 is 0 Å². The molecule has 0 radical (unpaired) electrons. The minimum absolute atomic E-state index is 0.0121. The lowest BCUT2D eigenvalue weighted by Gasteiger charge is -2.29. The van der Waals surface area contributed by atoms with Gasteiger partial charge in [-0.2, -0.15) is 0 Å². The van der Waals surface area contributed by atoms with Gasteiger partial charge in [0, 0.05) is 6.54 Å². The second-order valence-electron chi connectivity index (χ2n) is 12.1. The summed E-state index contributed by atoms with van der Waals surface area (Å²) in [6.45, 7) is 18.4. The zero-order chi connectivity index (χ0) is 28.1. The van der Waals surface area contributed by atoms with Crippen LogP contribution in [0.25, 0.3) is 0 Å². The van der Waals surface area contributed by atoms with Gasteiger partial charge in [0.1, 0.15) is 17.0 Å². The minimum Gasteiger partial charge on any atom is -0.443 e. The Hall–Kier alpha value is -2.88. The number of aromatic nitrogens is 1. The Kier molecular flexibility index (Phi) is 10.3. The van der Waals surface area contributed by atoms with Crippen LogP contribution in [0.1, 0.15) is 74.3 Å². The van der Waals surface area contributed by atoms with Gasteiger partial charge in [-0.1, -0.05) is 5.06 Å². The van der Waals surface area contributed by atoms with Gasteiger partial charge in [0.25, 0.3) is 0 Å². The second-order valence-corrected chi connectivity index (χ2v) is 12.1. The van der Waals surface area contributed by atoms with Crippen LogP contribution in [0, 0.1) is 12.3 Å². The van der Waals surface area contributed by atoms with E-state index in [1.807, 2.05) is 19.0 Å². The molecular formula is C26H44N4O6. The van der Waals surface area contributed by atoms with Crippen LogP contribution in [-0.4, -0.2) is 66.4 Å². The average Bonchev–Trinajstić information content (AvgIpc) is 2.64. The van der Waals surface area contributed by atoms with E-state index in [4.69, 9.17) is 14.3 Å². The van der Waals surface area contributed by atoms with Crippen molar-refractivity contribution in [1.29, 1.82) is 0 Å². The van der Waals surface area contributed by atoms with Gasteiger partial charge < -0.3 is 19.2 Å². The molecule has 204 valence electrons. The Balaban J connectivity index is 3.53. The van der Waals surface area contributed by atoms with E-state index in [-0.39, 0.29) is 11.6 Å². The van der Waals surface area contributed by atoms with Gasteiger partial charge in [0.2, 0.25) is 0 Å². The molecular weight excluding hydrogens is 464 g/mol. The molecule has 0 saturated heterocycles. The largest absolute Gasteiger partial charge is 0.450 e. The summed E-state index contributed by atoms with van der Waals surface area (Å²) in [6, 6.07) is 3.29. The molecule has 0 N–H and O–H groups in total. The zero-order valence-electron chi connectivity index (χ0n) is 24.0. The summed E-state index contributed by atoms with van der Waals surface area (Å²) >= 11 is 0. The predicted octanol–water partition coefficient (Wildman–Crippen LogP) is 5.33. The Morgan fingerprint density at radius 3 is 1.78 bits per heavy atom. The number of ether oxygens (including phenoxy) is 2.